The summed E-state index contributed by atoms with van der Waals surface area (Å²) in [6.45, 7) is 5.16. The molecule has 2 aliphatic heterocycles. The van der Waals surface area contributed by atoms with E-state index in [2.05, 4.69) is 0 Å². The molecule has 1 unspecified atom stereocenters. The van der Waals surface area contributed by atoms with Gasteiger partial charge in [-0.25, -0.2) is 0 Å². The molecule has 0 spiro atoms. The van der Waals surface area contributed by atoms with Crippen molar-refractivity contribution in [3.63, 3.8) is 0 Å². The molecule has 0 aliphatic carbocycles. The molecule has 1 atom stereocenters. The zero-order valence-electron chi connectivity index (χ0n) is 12.5. The Morgan fingerprint density at radius 3 is 2.45 bits per heavy atom. The predicted molar refractivity (Wildman–Crippen MR) is 76.3 cm³/mol. The summed E-state index contributed by atoms with van der Waals surface area (Å²) in [4.78, 5) is 28.3. The number of esters is 1. The third kappa shape index (κ3) is 3.95. The van der Waals surface area contributed by atoms with Crippen LogP contribution in [0.1, 0.15) is 45.4 Å². The molecule has 2 aliphatic rings. The highest BCUT2D eigenvalue weighted by Crippen LogP contribution is 2.19. The smallest absolute Gasteiger partial charge is 0.323 e. The van der Waals surface area contributed by atoms with Crippen molar-refractivity contribution in [2.45, 2.75) is 51.5 Å². The maximum Gasteiger partial charge on any atom is 0.323 e. The van der Waals surface area contributed by atoms with Crippen molar-refractivity contribution in [3.8, 4) is 0 Å². The van der Waals surface area contributed by atoms with Crippen molar-refractivity contribution in [3.05, 3.63) is 0 Å². The van der Waals surface area contributed by atoms with Gasteiger partial charge in [0.25, 0.3) is 0 Å². The molecule has 2 fully saturated rings. The summed E-state index contributed by atoms with van der Waals surface area (Å²) in [6, 6.07) is -0.225. The van der Waals surface area contributed by atoms with Crippen molar-refractivity contribution < 1.29 is 14.3 Å². The van der Waals surface area contributed by atoms with Crippen molar-refractivity contribution in [1.82, 2.24) is 9.80 Å². The van der Waals surface area contributed by atoms with Gasteiger partial charge >= 0.3 is 5.97 Å². The molecule has 0 N–H and O–H groups in total. The molecule has 1 amide bonds. The minimum atomic E-state index is -0.225. The maximum atomic E-state index is 12.3. The summed E-state index contributed by atoms with van der Waals surface area (Å²) in [5, 5.41) is 0. The van der Waals surface area contributed by atoms with E-state index in [1.165, 1.54) is 6.42 Å². The second-order valence-corrected chi connectivity index (χ2v) is 5.68. The van der Waals surface area contributed by atoms with Gasteiger partial charge in [0.1, 0.15) is 6.04 Å². The highest BCUT2D eigenvalue weighted by molar-refractivity contribution is 5.80. The molecule has 0 aromatic rings. The van der Waals surface area contributed by atoms with Crippen LogP contribution in [-0.4, -0.2) is 60.5 Å². The fourth-order valence-corrected chi connectivity index (χ4v) is 3.10. The second-order valence-electron chi connectivity index (χ2n) is 5.68. The van der Waals surface area contributed by atoms with Crippen LogP contribution >= 0.6 is 0 Å². The lowest BCUT2D eigenvalue weighted by molar-refractivity contribution is -0.152. The van der Waals surface area contributed by atoms with Gasteiger partial charge < -0.3 is 9.64 Å². The number of nitrogens with zero attached hydrogens (tertiary/aromatic N) is 2. The first kappa shape index (κ1) is 15.3. The van der Waals surface area contributed by atoms with Crippen molar-refractivity contribution in [2.24, 2.45) is 0 Å². The number of carbonyl (C=O) groups excluding carboxylic acids is 2. The molecule has 0 aromatic heterocycles. The number of hydrogen-bond donors (Lipinski definition) is 0. The summed E-state index contributed by atoms with van der Waals surface area (Å²) in [5.74, 6) is -0.000423. The van der Waals surface area contributed by atoms with E-state index in [1.807, 2.05) is 16.7 Å². The molecule has 0 bridgehead atoms. The molecule has 5 heteroatoms. The van der Waals surface area contributed by atoms with Crippen molar-refractivity contribution >= 4 is 11.9 Å². The van der Waals surface area contributed by atoms with Crippen LogP contribution in [0.2, 0.25) is 0 Å². The molecule has 114 valence electrons. The van der Waals surface area contributed by atoms with E-state index >= 15 is 0 Å². The lowest BCUT2D eigenvalue weighted by Gasteiger charge is -2.35. The van der Waals surface area contributed by atoms with Gasteiger partial charge in [-0.3, -0.25) is 14.5 Å². The van der Waals surface area contributed by atoms with Crippen LogP contribution in [0.15, 0.2) is 0 Å². The lowest BCUT2D eigenvalue weighted by Crippen LogP contribution is -2.51. The fourth-order valence-electron chi connectivity index (χ4n) is 3.10. The van der Waals surface area contributed by atoms with E-state index in [-0.39, 0.29) is 17.9 Å². The predicted octanol–water partition coefficient (Wildman–Crippen LogP) is 1.42. The Hall–Kier alpha value is -1.10. The summed E-state index contributed by atoms with van der Waals surface area (Å²) in [6.07, 6.45) is 6.34. The van der Waals surface area contributed by atoms with Gasteiger partial charge in [-0.05, 0) is 45.6 Å². The second kappa shape index (κ2) is 7.62. The van der Waals surface area contributed by atoms with Gasteiger partial charge in [0, 0.05) is 13.1 Å². The van der Waals surface area contributed by atoms with E-state index in [1.54, 1.807) is 0 Å². The Kier molecular flexibility index (Phi) is 5.83. The van der Waals surface area contributed by atoms with E-state index in [4.69, 9.17) is 4.74 Å². The molecular weight excluding hydrogens is 256 g/mol. The first-order valence-electron chi connectivity index (χ1n) is 7.91. The largest absolute Gasteiger partial charge is 0.465 e. The molecule has 2 heterocycles. The monoisotopic (exact) mass is 282 g/mol. The Labute approximate surface area is 121 Å². The Morgan fingerprint density at radius 2 is 1.75 bits per heavy atom. The van der Waals surface area contributed by atoms with Gasteiger partial charge in [0.2, 0.25) is 5.91 Å². The number of hydrogen-bond acceptors (Lipinski definition) is 4. The van der Waals surface area contributed by atoms with E-state index in [0.717, 1.165) is 51.7 Å². The van der Waals surface area contributed by atoms with E-state index in [0.29, 0.717) is 13.2 Å². The molecule has 20 heavy (non-hydrogen) atoms. The zero-order chi connectivity index (χ0) is 14.4. The quantitative estimate of drug-likeness (QED) is 0.732. The average molecular weight is 282 g/mol. The third-order valence-corrected chi connectivity index (χ3v) is 4.22. The van der Waals surface area contributed by atoms with Crippen LogP contribution in [0.4, 0.5) is 0 Å². The number of carbonyl (C=O) groups is 2. The lowest BCUT2D eigenvalue weighted by atomic mass is 10.0. The number of likely N-dealkylation sites (tertiary alicyclic amines) is 2. The van der Waals surface area contributed by atoms with Crippen molar-refractivity contribution in [2.75, 3.05) is 32.8 Å². The van der Waals surface area contributed by atoms with Gasteiger partial charge in [-0.2, -0.15) is 0 Å². The molecule has 2 rings (SSSR count). The van der Waals surface area contributed by atoms with Gasteiger partial charge in [-0.1, -0.05) is 6.42 Å². The number of piperidine rings is 2. The number of ether oxygens (including phenoxy) is 1. The van der Waals surface area contributed by atoms with Crippen LogP contribution in [-0.2, 0) is 14.3 Å². The SMILES string of the molecule is CCOC(=O)C1CCCCN1CC(=O)N1CCCCC1. The zero-order valence-corrected chi connectivity index (χ0v) is 12.5. The Bertz CT molecular complexity index is 340. The van der Waals surface area contributed by atoms with Crippen LogP contribution in [0.5, 0.6) is 0 Å². The van der Waals surface area contributed by atoms with Crippen LogP contribution in [0.3, 0.4) is 0 Å². The van der Waals surface area contributed by atoms with E-state index in [9.17, 15) is 9.59 Å². The van der Waals surface area contributed by atoms with Gasteiger partial charge in [0.15, 0.2) is 0 Å². The van der Waals surface area contributed by atoms with Gasteiger partial charge in [-0.15, -0.1) is 0 Å². The molecule has 0 saturated carbocycles. The highest BCUT2D eigenvalue weighted by atomic mass is 16.5. The van der Waals surface area contributed by atoms with Crippen molar-refractivity contribution in [1.29, 1.82) is 0 Å². The first-order chi connectivity index (χ1) is 9.72. The molecule has 2 saturated heterocycles. The normalized spacial score (nSPS) is 24.4. The fraction of sp³-hybridized carbons (Fsp3) is 0.867. The summed E-state index contributed by atoms with van der Waals surface area (Å²) in [7, 11) is 0. The molecule has 0 aromatic carbocycles. The Morgan fingerprint density at radius 1 is 1.05 bits per heavy atom. The average Bonchev–Trinajstić information content (AvgIpc) is 2.49. The molecule has 5 nitrogen and oxygen atoms in total. The molecular formula is C15H26N2O3. The van der Waals surface area contributed by atoms with Crippen LogP contribution in [0.25, 0.3) is 0 Å². The summed E-state index contributed by atoms with van der Waals surface area (Å²) < 4.78 is 5.13. The summed E-state index contributed by atoms with van der Waals surface area (Å²) in [5.41, 5.74) is 0. The number of rotatable bonds is 4. The van der Waals surface area contributed by atoms with E-state index < -0.39 is 0 Å². The van der Waals surface area contributed by atoms with Gasteiger partial charge in [0.05, 0.1) is 13.2 Å². The minimum absolute atomic E-state index is 0.167. The van der Waals surface area contributed by atoms with Crippen LogP contribution in [0, 0.1) is 0 Å². The third-order valence-electron chi connectivity index (χ3n) is 4.22. The molecule has 0 radical (unpaired) electrons. The maximum absolute atomic E-state index is 12.3. The Balaban J connectivity index is 1.90. The topological polar surface area (TPSA) is 49.9 Å². The van der Waals surface area contributed by atoms with Crippen LogP contribution < -0.4 is 0 Å². The highest BCUT2D eigenvalue weighted by Gasteiger charge is 2.32. The standard InChI is InChI=1S/C15H26N2O3/c1-2-20-15(19)13-8-4-7-11-17(13)12-14(18)16-9-5-3-6-10-16/h13H,2-12H2,1H3. The first-order valence-corrected chi connectivity index (χ1v) is 7.91. The summed E-state index contributed by atoms with van der Waals surface area (Å²) >= 11 is 0. The number of amides is 1. The minimum Gasteiger partial charge on any atom is -0.465 e.